The summed E-state index contributed by atoms with van der Waals surface area (Å²) in [5, 5.41) is 8.25. The summed E-state index contributed by atoms with van der Waals surface area (Å²) in [5.74, 6) is 0.429. The van der Waals surface area contributed by atoms with Crippen LogP contribution in [-0.4, -0.2) is 32.8 Å². The Morgan fingerprint density at radius 3 is 2.83 bits per heavy atom. The first-order chi connectivity index (χ1) is 11.1. The molecule has 118 valence electrons. The second-order valence-electron chi connectivity index (χ2n) is 5.27. The first-order valence-corrected chi connectivity index (χ1v) is 7.19. The summed E-state index contributed by atoms with van der Waals surface area (Å²) < 4.78 is 6.39. The second kappa shape index (κ2) is 6.04. The van der Waals surface area contributed by atoms with E-state index in [0.29, 0.717) is 16.7 Å². The van der Waals surface area contributed by atoms with Gasteiger partial charge in [-0.15, -0.1) is 5.10 Å². The van der Waals surface area contributed by atoms with Crippen molar-refractivity contribution in [1.82, 2.24) is 19.9 Å². The predicted molar refractivity (Wildman–Crippen MR) is 83.7 cm³/mol. The molecule has 0 bridgehead atoms. The van der Waals surface area contributed by atoms with Crippen LogP contribution in [0, 0.1) is 0 Å². The third-order valence-electron chi connectivity index (χ3n) is 3.84. The van der Waals surface area contributed by atoms with Crippen LogP contribution >= 0.6 is 0 Å². The molecule has 2 heterocycles. The molecular weight excluding hydrogens is 296 g/mol. The zero-order valence-corrected chi connectivity index (χ0v) is 12.8. The van der Waals surface area contributed by atoms with E-state index in [0.717, 1.165) is 4.68 Å². The van der Waals surface area contributed by atoms with Crippen LogP contribution in [0.25, 0.3) is 10.9 Å². The Morgan fingerprint density at radius 2 is 2.09 bits per heavy atom. The SMILES string of the molecule is CC(c1ccco1)N(C)C(=O)Cn1nnc2ccccc2c1=O. The van der Waals surface area contributed by atoms with E-state index in [1.165, 1.54) is 4.90 Å². The van der Waals surface area contributed by atoms with Crippen LogP contribution in [-0.2, 0) is 11.3 Å². The Labute approximate surface area is 132 Å². The van der Waals surface area contributed by atoms with Crippen LogP contribution in [0.1, 0.15) is 18.7 Å². The van der Waals surface area contributed by atoms with E-state index >= 15 is 0 Å². The third kappa shape index (κ3) is 2.85. The van der Waals surface area contributed by atoms with Gasteiger partial charge in [0.05, 0.1) is 17.7 Å². The van der Waals surface area contributed by atoms with Gasteiger partial charge in [0, 0.05) is 7.05 Å². The van der Waals surface area contributed by atoms with E-state index < -0.39 is 0 Å². The maximum atomic E-state index is 12.4. The Kier molecular flexibility index (Phi) is 3.92. The predicted octanol–water partition coefficient (Wildman–Crippen LogP) is 1.60. The summed E-state index contributed by atoms with van der Waals surface area (Å²) in [6, 6.07) is 10.2. The molecule has 2 aromatic heterocycles. The lowest BCUT2D eigenvalue weighted by Crippen LogP contribution is -2.36. The first kappa shape index (κ1) is 15.0. The molecule has 1 atom stereocenters. The minimum atomic E-state index is -0.331. The minimum absolute atomic E-state index is 0.168. The molecule has 1 aromatic carbocycles. The maximum absolute atomic E-state index is 12.4. The number of rotatable bonds is 4. The summed E-state index contributed by atoms with van der Waals surface area (Å²) in [4.78, 5) is 26.3. The Morgan fingerprint density at radius 1 is 1.30 bits per heavy atom. The van der Waals surface area contributed by atoms with Gasteiger partial charge >= 0.3 is 0 Å². The standard InChI is InChI=1S/C16H16N4O3/c1-11(14-8-5-9-23-14)19(2)15(21)10-20-16(22)12-6-3-4-7-13(12)17-18-20/h3-9,11H,10H2,1-2H3. The Balaban J connectivity index is 1.83. The monoisotopic (exact) mass is 312 g/mol. The van der Waals surface area contributed by atoms with Gasteiger partial charge in [0.25, 0.3) is 5.56 Å². The van der Waals surface area contributed by atoms with E-state index in [9.17, 15) is 9.59 Å². The molecule has 0 aliphatic rings. The summed E-state index contributed by atoms with van der Waals surface area (Å²) in [6.07, 6.45) is 1.56. The smallest absolute Gasteiger partial charge is 0.278 e. The average molecular weight is 312 g/mol. The maximum Gasteiger partial charge on any atom is 0.278 e. The summed E-state index contributed by atoms with van der Waals surface area (Å²) in [5.41, 5.74) is 0.182. The second-order valence-corrected chi connectivity index (χ2v) is 5.27. The average Bonchev–Trinajstić information content (AvgIpc) is 3.10. The zero-order chi connectivity index (χ0) is 16.4. The lowest BCUT2D eigenvalue weighted by Gasteiger charge is -2.23. The van der Waals surface area contributed by atoms with Crippen molar-refractivity contribution in [3.63, 3.8) is 0 Å². The van der Waals surface area contributed by atoms with Crippen LogP contribution in [0.3, 0.4) is 0 Å². The van der Waals surface area contributed by atoms with Crippen molar-refractivity contribution in [3.05, 3.63) is 58.8 Å². The molecule has 0 aliphatic heterocycles. The highest BCUT2D eigenvalue weighted by Crippen LogP contribution is 2.19. The number of amides is 1. The van der Waals surface area contributed by atoms with Gasteiger partial charge in [0.2, 0.25) is 5.91 Å². The van der Waals surface area contributed by atoms with Gasteiger partial charge in [-0.25, -0.2) is 4.68 Å². The molecule has 23 heavy (non-hydrogen) atoms. The van der Waals surface area contributed by atoms with Gasteiger partial charge in [-0.05, 0) is 31.2 Å². The van der Waals surface area contributed by atoms with Crippen molar-refractivity contribution in [2.75, 3.05) is 7.05 Å². The lowest BCUT2D eigenvalue weighted by molar-refractivity contribution is -0.133. The normalized spacial score (nSPS) is 12.3. The summed E-state index contributed by atoms with van der Waals surface area (Å²) in [6.45, 7) is 1.68. The number of carbonyl (C=O) groups is 1. The largest absolute Gasteiger partial charge is 0.467 e. The van der Waals surface area contributed by atoms with Crippen molar-refractivity contribution >= 4 is 16.8 Å². The van der Waals surface area contributed by atoms with Gasteiger partial charge in [-0.1, -0.05) is 17.3 Å². The van der Waals surface area contributed by atoms with Crippen molar-refractivity contribution in [2.45, 2.75) is 19.5 Å². The van der Waals surface area contributed by atoms with Crippen molar-refractivity contribution in [3.8, 4) is 0 Å². The number of hydrogen-bond donors (Lipinski definition) is 0. The Bertz CT molecular complexity index is 886. The molecule has 0 N–H and O–H groups in total. The van der Waals surface area contributed by atoms with Crippen LogP contribution in [0.2, 0.25) is 0 Å². The molecule has 0 saturated carbocycles. The first-order valence-electron chi connectivity index (χ1n) is 7.19. The molecular formula is C16H16N4O3. The van der Waals surface area contributed by atoms with Gasteiger partial charge < -0.3 is 9.32 Å². The van der Waals surface area contributed by atoms with Crippen LogP contribution in [0.15, 0.2) is 51.9 Å². The number of furan rings is 1. The molecule has 7 nitrogen and oxygen atoms in total. The van der Waals surface area contributed by atoms with Gasteiger partial charge in [-0.3, -0.25) is 9.59 Å². The number of hydrogen-bond acceptors (Lipinski definition) is 5. The number of nitrogens with zero attached hydrogens (tertiary/aromatic N) is 4. The quantitative estimate of drug-likeness (QED) is 0.731. The number of aromatic nitrogens is 3. The molecule has 0 radical (unpaired) electrons. The van der Waals surface area contributed by atoms with Gasteiger partial charge in [0.15, 0.2) is 0 Å². The molecule has 3 aromatic rings. The fourth-order valence-corrected chi connectivity index (χ4v) is 2.30. The Hall–Kier alpha value is -2.96. The summed E-state index contributed by atoms with van der Waals surface area (Å²) in [7, 11) is 1.66. The van der Waals surface area contributed by atoms with Crippen molar-refractivity contribution < 1.29 is 9.21 Å². The van der Waals surface area contributed by atoms with E-state index in [2.05, 4.69) is 10.3 Å². The van der Waals surface area contributed by atoms with Crippen LogP contribution in [0.4, 0.5) is 0 Å². The number of benzene rings is 1. The van der Waals surface area contributed by atoms with Gasteiger partial charge in [-0.2, -0.15) is 0 Å². The molecule has 3 rings (SSSR count). The molecule has 7 heteroatoms. The van der Waals surface area contributed by atoms with E-state index in [1.807, 2.05) is 6.92 Å². The topological polar surface area (TPSA) is 81.2 Å². The third-order valence-corrected chi connectivity index (χ3v) is 3.84. The highest BCUT2D eigenvalue weighted by molar-refractivity contribution is 5.78. The molecule has 1 amide bonds. The van der Waals surface area contributed by atoms with E-state index in [1.54, 1.807) is 49.7 Å². The summed E-state index contributed by atoms with van der Waals surface area (Å²) >= 11 is 0. The van der Waals surface area contributed by atoms with Crippen molar-refractivity contribution in [1.29, 1.82) is 0 Å². The van der Waals surface area contributed by atoms with E-state index in [4.69, 9.17) is 4.42 Å². The minimum Gasteiger partial charge on any atom is -0.467 e. The molecule has 0 saturated heterocycles. The zero-order valence-electron chi connectivity index (χ0n) is 12.8. The van der Waals surface area contributed by atoms with E-state index in [-0.39, 0.29) is 24.1 Å². The lowest BCUT2D eigenvalue weighted by atomic mass is 10.2. The molecule has 0 spiro atoms. The van der Waals surface area contributed by atoms with Crippen LogP contribution in [0.5, 0.6) is 0 Å². The number of carbonyl (C=O) groups excluding carboxylic acids is 1. The fraction of sp³-hybridized carbons (Fsp3) is 0.250. The van der Waals surface area contributed by atoms with Gasteiger partial charge in [0.1, 0.15) is 17.8 Å². The van der Waals surface area contributed by atoms with Crippen LogP contribution < -0.4 is 5.56 Å². The molecule has 0 fully saturated rings. The highest BCUT2D eigenvalue weighted by Gasteiger charge is 2.20. The molecule has 0 aliphatic carbocycles. The van der Waals surface area contributed by atoms with Crippen molar-refractivity contribution in [2.24, 2.45) is 0 Å². The highest BCUT2D eigenvalue weighted by atomic mass is 16.3. The number of fused-ring (bicyclic) bond motifs is 1. The fourth-order valence-electron chi connectivity index (χ4n) is 2.30. The molecule has 1 unspecified atom stereocenters. The number of likely N-dealkylation sites (N-methyl/N-ethyl adjacent to an activating group) is 1.